The maximum absolute atomic E-state index is 10.3. The summed E-state index contributed by atoms with van der Waals surface area (Å²) in [5.74, 6) is 0. The maximum atomic E-state index is 10.3. The van der Waals surface area contributed by atoms with Gasteiger partial charge in [0, 0.05) is 24.0 Å². The molecular formula is C8H17NO2S. The minimum absolute atomic E-state index is 0.379. The Bertz CT molecular complexity index is 226. The summed E-state index contributed by atoms with van der Waals surface area (Å²) in [5.41, 5.74) is 0. The summed E-state index contributed by atoms with van der Waals surface area (Å²) in [5, 5.41) is 1.29. The van der Waals surface area contributed by atoms with E-state index in [0.29, 0.717) is 18.6 Å². The molecule has 72 valence electrons. The third kappa shape index (κ3) is 4.51. The van der Waals surface area contributed by atoms with Crippen molar-refractivity contribution in [2.45, 2.75) is 39.8 Å². The average molecular weight is 191 g/mol. The highest BCUT2D eigenvalue weighted by molar-refractivity contribution is 7.71. The molecule has 0 N–H and O–H groups in total. The van der Waals surface area contributed by atoms with Gasteiger partial charge in [0.15, 0.2) is 0 Å². The van der Waals surface area contributed by atoms with Gasteiger partial charge in [-0.3, -0.25) is 4.90 Å². The Hall–Kier alpha value is -0.350. The highest BCUT2D eigenvalue weighted by Crippen LogP contribution is 2.02. The Labute approximate surface area is 75.9 Å². The first kappa shape index (κ1) is 11.6. The summed E-state index contributed by atoms with van der Waals surface area (Å²) in [7, 11) is -2.04. The van der Waals surface area contributed by atoms with Gasteiger partial charge < -0.3 is 0 Å². The van der Waals surface area contributed by atoms with Gasteiger partial charge in [-0.25, -0.2) is 0 Å². The topological polar surface area (TPSA) is 37.4 Å². The molecule has 0 rings (SSSR count). The monoisotopic (exact) mass is 191 g/mol. The van der Waals surface area contributed by atoms with Crippen molar-refractivity contribution in [3.05, 3.63) is 0 Å². The summed E-state index contributed by atoms with van der Waals surface area (Å²) in [6.07, 6.45) is 0. The quantitative estimate of drug-likeness (QED) is 0.616. The van der Waals surface area contributed by atoms with E-state index in [1.54, 1.807) is 0 Å². The molecule has 0 spiro atoms. The van der Waals surface area contributed by atoms with Crippen molar-refractivity contribution in [2.24, 2.45) is 0 Å². The number of hydrogen-bond acceptors (Lipinski definition) is 3. The second kappa shape index (κ2) is 5.32. The van der Waals surface area contributed by atoms with Gasteiger partial charge in [0.05, 0.1) is 0 Å². The van der Waals surface area contributed by atoms with Gasteiger partial charge in [0.1, 0.15) is 0 Å². The predicted octanol–water partition coefficient (Wildman–Crippen LogP) is 0.786. The van der Waals surface area contributed by atoms with Crippen LogP contribution in [0.15, 0.2) is 0 Å². The van der Waals surface area contributed by atoms with Gasteiger partial charge in [-0.05, 0) is 27.7 Å². The highest BCUT2D eigenvalue weighted by atomic mass is 32.2. The van der Waals surface area contributed by atoms with Crippen molar-refractivity contribution < 1.29 is 8.42 Å². The minimum Gasteiger partial charge on any atom is -0.294 e. The fourth-order valence-electron chi connectivity index (χ4n) is 1.16. The summed E-state index contributed by atoms with van der Waals surface area (Å²) < 4.78 is 20.5. The van der Waals surface area contributed by atoms with Crippen LogP contribution in [0.4, 0.5) is 0 Å². The van der Waals surface area contributed by atoms with Gasteiger partial charge in [0.2, 0.25) is 10.3 Å². The molecule has 0 fully saturated rings. The van der Waals surface area contributed by atoms with Crippen LogP contribution in [0.3, 0.4) is 0 Å². The third-order valence-corrected chi connectivity index (χ3v) is 2.17. The molecule has 0 aromatic carbocycles. The van der Waals surface area contributed by atoms with E-state index in [4.69, 9.17) is 0 Å². The molecule has 0 aliphatic rings. The standard InChI is InChI=1S/C8H17NO2S/c1-7(2)9(8(3)4)5-6-12(10)11/h6-8H,5H2,1-4H3. The first-order valence-electron chi connectivity index (χ1n) is 4.12. The second-order valence-electron chi connectivity index (χ2n) is 3.31. The van der Waals surface area contributed by atoms with Crippen molar-refractivity contribution in [1.82, 2.24) is 4.90 Å². The lowest BCUT2D eigenvalue weighted by Crippen LogP contribution is -2.38. The smallest absolute Gasteiger partial charge is 0.211 e. The Morgan fingerprint density at radius 1 is 1.17 bits per heavy atom. The Morgan fingerprint density at radius 3 is 1.83 bits per heavy atom. The molecule has 0 saturated heterocycles. The minimum atomic E-state index is -2.04. The zero-order chi connectivity index (χ0) is 9.72. The molecule has 0 saturated carbocycles. The van der Waals surface area contributed by atoms with E-state index >= 15 is 0 Å². The van der Waals surface area contributed by atoms with Crippen LogP contribution in [0.25, 0.3) is 0 Å². The highest BCUT2D eigenvalue weighted by Gasteiger charge is 2.10. The molecule has 0 aromatic rings. The van der Waals surface area contributed by atoms with E-state index in [1.165, 1.54) is 5.37 Å². The van der Waals surface area contributed by atoms with Crippen LogP contribution in [0.5, 0.6) is 0 Å². The summed E-state index contributed by atoms with van der Waals surface area (Å²) >= 11 is 0. The number of rotatable bonds is 4. The molecule has 0 aliphatic carbocycles. The van der Waals surface area contributed by atoms with Gasteiger partial charge >= 0.3 is 0 Å². The van der Waals surface area contributed by atoms with Crippen LogP contribution in [-0.2, 0) is 10.3 Å². The van der Waals surface area contributed by atoms with E-state index < -0.39 is 10.3 Å². The molecule has 0 bridgehead atoms. The Kier molecular flexibility index (Phi) is 5.17. The van der Waals surface area contributed by atoms with Gasteiger partial charge in [-0.1, -0.05) is 0 Å². The zero-order valence-corrected chi connectivity index (χ0v) is 8.93. The van der Waals surface area contributed by atoms with E-state index in [2.05, 4.69) is 32.6 Å². The van der Waals surface area contributed by atoms with Crippen LogP contribution >= 0.6 is 0 Å². The predicted molar refractivity (Wildman–Crippen MR) is 52.0 cm³/mol. The normalized spacial score (nSPS) is 11.2. The van der Waals surface area contributed by atoms with Crippen LogP contribution < -0.4 is 0 Å². The molecule has 12 heavy (non-hydrogen) atoms. The lowest BCUT2D eigenvalue weighted by atomic mass is 10.2. The van der Waals surface area contributed by atoms with Crippen LogP contribution in [0.2, 0.25) is 0 Å². The molecule has 0 atom stereocenters. The zero-order valence-electron chi connectivity index (χ0n) is 8.11. The first-order valence-corrected chi connectivity index (χ1v) is 5.26. The molecule has 0 amide bonds. The third-order valence-electron chi connectivity index (χ3n) is 1.75. The largest absolute Gasteiger partial charge is 0.294 e. The molecule has 0 heterocycles. The number of nitrogens with zero attached hydrogens (tertiary/aromatic N) is 1. The molecule has 0 aliphatic heterocycles. The molecule has 0 radical (unpaired) electrons. The fraction of sp³-hybridized carbons (Fsp3) is 0.875. The van der Waals surface area contributed by atoms with Crippen molar-refractivity contribution in [3.8, 4) is 0 Å². The first-order chi connectivity index (χ1) is 5.45. The number of hydrogen-bond donors (Lipinski definition) is 0. The Morgan fingerprint density at radius 2 is 1.58 bits per heavy atom. The summed E-state index contributed by atoms with van der Waals surface area (Å²) in [4.78, 5) is 2.11. The Balaban J connectivity index is 4.25. The molecule has 0 aromatic heterocycles. The lowest BCUT2D eigenvalue weighted by molar-refractivity contribution is 0.205. The van der Waals surface area contributed by atoms with Crippen LogP contribution in [-0.4, -0.2) is 37.3 Å². The maximum Gasteiger partial charge on any atom is 0.211 e. The van der Waals surface area contributed by atoms with Crippen LogP contribution in [0, 0.1) is 0 Å². The fourth-order valence-corrected chi connectivity index (χ4v) is 1.46. The van der Waals surface area contributed by atoms with E-state index in [-0.39, 0.29) is 0 Å². The average Bonchev–Trinajstić information content (AvgIpc) is 1.84. The molecule has 0 unspecified atom stereocenters. The van der Waals surface area contributed by atoms with E-state index in [9.17, 15) is 8.42 Å². The van der Waals surface area contributed by atoms with Crippen molar-refractivity contribution in [2.75, 3.05) is 6.54 Å². The summed E-state index contributed by atoms with van der Waals surface area (Å²) in [6.45, 7) is 8.73. The van der Waals surface area contributed by atoms with Gasteiger partial charge in [0.25, 0.3) is 0 Å². The van der Waals surface area contributed by atoms with E-state index in [1.807, 2.05) is 0 Å². The second-order valence-corrected chi connectivity index (χ2v) is 4.17. The van der Waals surface area contributed by atoms with Crippen molar-refractivity contribution in [3.63, 3.8) is 0 Å². The van der Waals surface area contributed by atoms with Gasteiger partial charge in [-0.15, -0.1) is 0 Å². The molecular weight excluding hydrogens is 174 g/mol. The lowest BCUT2D eigenvalue weighted by Gasteiger charge is -2.28. The molecule has 4 heteroatoms. The van der Waals surface area contributed by atoms with Crippen molar-refractivity contribution >= 4 is 15.7 Å². The van der Waals surface area contributed by atoms with Crippen LogP contribution in [0.1, 0.15) is 27.7 Å². The van der Waals surface area contributed by atoms with Gasteiger partial charge in [-0.2, -0.15) is 8.42 Å². The summed E-state index contributed by atoms with van der Waals surface area (Å²) in [6, 6.07) is 0.759. The SMILES string of the molecule is CC(C)N(CC=S(=O)=O)C(C)C. The van der Waals surface area contributed by atoms with Crippen molar-refractivity contribution in [1.29, 1.82) is 0 Å². The van der Waals surface area contributed by atoms with E-state index in [0.717, 1.165) is 0 Å². The molecule has 3 nitrogen and oxygen atoms in total.